The summed E-state index contributed by atoms with van der Waals surface area (Å²) in [4.78, 5) is 30.3. The first-order valence-corrected chi connectivity index (χ1v) is 8.83. The molecule has 0 atom stereocenters. The lowest BCUT2D eigenvalue weighted by Crippen LogP contribution is -2.43. The molecule has 0 aliphatic carbocycles. The average Bonchev–Trinajstić information content (AvgIpc) is 2.68. The van der Waals surface area contributed by atoms with Crippen LogP contribution in [0, 0.1) is 10.1 Å². The fourth-order valence-corrected chi connectivity index (χ4v) is 2.45. The highest BCUT2D eigenvalue weighted by atomic mass is 16.6. The van der Waals surface area contributed by atoms with Gasteiger partial charge in [0.2, 0.25) is 5.91 Å². The second-order valence-corrected chi connectivity index (χ2v) is 6.55. The number of aliphatic imine (C=N–C) groups is 1. The van der Waals surface area contributed by atoms with Crippen molar-refractivity contribution >= 4 is 17.6 Å². The number of nitrogens with zero attached hydrogens (tertiary/aromatic N) is 4. The molecule has 0 saturated carbocycles. The number of guanidine groups is 1. The van der Waals surface area contributed by atoms with Crippen LogP contribution in [0.2, 0.25) is 0 Å². The lowest BCUT2D eigenvalue weighted by molar-refractivity contribution is -0.384. The fraction of sp³-hybridized carbons (Fsp3) is 0.300. The number of nitrogens with one attached hydrogen (secondary N) is 1. The van der Waals surface area contributed by atoms with Crippen molar-refractivity contribution in [2.45, 2.75) is 13.1 Å². The molecule has 0 fully saturated rings. The molecule has 8 nitrogen and oxygen atoms in total. The smallest absolute Gasteiger partial charge is 0.269 e. The van der Waals surface area contributed by atoms with E-state index in [0.717, 1.165) is 11.1 Å². The van der Waals surface area contributed by atoms with Crippen LogP contribution in [0.5, 0.6) is 0 Å². The van der Waals surface area contributed by atoms with E-state index in [-0.39, 0.29) is 18.1 Å². The molecule has 0 spiro atoms. The van der Waals surface area contributed by atoms with Crippen LogP contribution in [-0.4, -0.2) is 54.3 Å². The monoisotopic (exact) mass is 383 g/mol. The van der Waals surface area contributed by atoms with Gasteiger partial charge >= 0.3 is 0 Å². The number of carbonyl (C=O) groups excluding carboxylic acids is 1. The molecule has 2 aromatic rings. The second-order valence-electron chi connectivity index (χ2n) is 6.55. The molecule has 0 aromatic heterocycles. The summed E-state index contributed by atoms with van der Waals surface area (Å²) < 4.78 is 0. The Hall–Kier alpha value is -3.42. The zero-order chi connectivity index (χ0) is 20.5. The predicted molar refractivity (Wildman–Crippen MR) is 109 cm³/mol. The number of hydrogen-bond donors (Lipinski definition) is 1. The molecule has 2 aromatic carbocycles. The predicted octanol–water partition coefficient (Wildman–Crippen LogP) is 2.26. The Bertz CT molecular complexity index is 819. The zero-order valence-electron chi connectivity index (χ0n) is 16.3. The largest absolute Gasteiger partial charge is 0.347 e. The van der Waals surface area contributed by atoms with Gasteiger partial charge in [-0.25, -0.2) is 4.99 Å². The van der Waals surface area contributed by atoms with Gasteiger partial charge in [-0.1, -0.05) is 42.5 Å². The summed E-state index contributed by atoms with van der Waals surface area (Å²) in [6, 6.07) is 16.2. The number of non-ortho nitro benzene ring substituents is 1. The molecule has 0 unspecified atom stereocenters. The highest BCUT2D eigenvalue weighted by molar-refractivity contribution is 5.86. The number of benzene rings is 2. The van der Waals surface area contributed by atoms with Crippen molar-refractivity contribution in [2.24, 2.45) is 4.99 Å². The van der Waals surface area contributed by atoms with Crippen molar-refractivity contribution in [3.8, 4) is 0 Å². The van der Waals surface area contributed by atoms with E-state index in [1.165, 1.54) is 17.0 Å². The van der Waals surface area contributed by atoms with Crippen molar-refractivity contribution in [1.82, 2.24) is 15.1 Å². The Morgan fingerprint density at radius 3 is 2.25 bits per heavy atom. The highest BCUT2D eigenvalue weighted by Gasteiger charge is 2.11. The average molecular weight is 383 g/mol. The van der Waals surface area contributed by atoms with Crippen LogP contribution >= 0.6 is 0 Å². The number of rotatable bonds is 7. The van der Waals surface area contributed by atoms with Crippen LogP contribution in [0.25, 0.3) is 0 Å². The molecule has 0 radical (unpaired) electrons. The van der Waals surface area contributed by atoms with Gasteiger partial charge in [-0.05, 0) is 11.1 Å². The first-order valence-electron chi connectivity index (χ1n) is 8.83. The van der Waals surface area contributed by atoms with Gasteiger partial charge < -0.3 is 15.1 Å². The number of hydrogen-bond acceptors (Lipinski definition) is 4. The zero-order valence-corrected chi connectivity index (χ0v) is 16.3. The number of amides is 1. The minimum Gasteiger partial charge on any atom is -0.347 e. The van der Waals surface area contributed by atoms with Crippen molar-refractivity contribution in [3.05, 3.63) is 75.8 Å². The van der Waals surface area contributed by atoms with Crippen LogP contribution in [0.1, 0.15) is 11.1 Å². The van der Waals surface area contributed by atoms with E-state index in [0.29, 0.717) is 19.0 Å². The first-order chi connectivity index (χ1) is 13.4. The summed E-state index contributed by atoms with van der Waals surface area (Å²) in [5.41, 5.74) is 2.01. The van der Waals surface area contributed by atoms with Gasteiger partial charge in [-0.2, -0.15) is 0 Å². The molecule has 148 valence electrons. The van der Waals surface area contributed by atoms with Crippen LogP contribution in [0.4, 0.5) is 5.69 Å². The minimum atomic E-state index is -0.430. The molecule has 0 saturated heterocycles. The van der Waals surface area contributed by atoms with E-state index in [4.69, 9.17) is 0 Å². The third-order valence-electron chi connectivity index (χ3n) is 4.08. The van der Waals surface area contributed by atoms with Crippen LogP contribution in [0.3, 0.4) is 0 Å². The molecular formula is C20H25N5O3. The van der Waals surface area contributed by atoms with E-state index in [2.05, 4.69) is 10.3 Å². The number of likely N-dealkylation sites (N-methyl/N-ethyl adjacent to an activating group) is 1. The van der Waals surface area contributed by atoms with Crippen LogP contribution in [0.15, 0.2) is 59.6 Å². The summed E-state index contributed by atoms with van der Waals surface area (Å²) in [6.07, 6.45) is 0. The van der Waals surface area contributed by atoms with Crippen molar-refractivity contribution in [3.63, 3.8) is 0 Å². The summed E-state index contributed by atoms with van der Waals surface area (Å²) in [5, 5.41) is 13.9. The van der Waals surface area contributed by atoms with E-state index in [1.807, 2.05) is 42.3 Å². The quantitative estimate of drug-likeness (QED) is 0.343. The van der Waals surface area contributed by atoms with Crippen molar-refractivity contribution < 1.29 is 9.72 Å². The highest BCUT2D eigenvalue weighted by Crippen LogP contribution is 2.13. The summed E-state index contributed by atoms with van der Waals surface area (Å²) >= 11 is 0. The van der Waals surface area contributed by atoms with Gasteiger partial charge in [0.05, 0.1) is 18.0 Å². The lowest BCUT2D eigenvalue weighted by atomic mass is 10.2. The second kappa shape index (κ2) is 10.1. The number of nitro benzene ring substituents is 1. The Kier molecular flexibility index (Phi) is 7.50. The van der Waals surface area contributed by atoms with Gasteiger partial charge in [0, 0.05) is 39.8 Å². The van der Waals surface area contributed by atoms with Gasteiger partial charge in [0.25, 0.3) is 5.69 Å². The molecule has 1 N–H and O–H groups in total. The van der Waals surface area contributed by atoms with Crippen LogP contribution < -0.4 is 5.32 Å². The van der Waals surface area contributed by atoms with E-state index >= 15 is 0 Å². The van der Waals surface area contributed by atoms with Gasteiger partial charge in [-0.3, -0.25) is 14.9 Å². The van der Waals surface area contributed by atoms with Crippen molar-refractivity contribution in [1.29, 1.82) is 0 Å². The molecule has 2 rings (SSSR count). The van der Waals surface area contributed by atoms with Gasteiger partial charge in [0.15, 0.2) is 5.96 Å². The van der Waals surface area contributed by atoms with E-state index in [9.17, 15) is 14.9 Å². The Balaban J connectivity index is 2.12. The normalized spacial score (nSPS) is 11.0. The third-order valence-corrected chi connectivity index (χ3v) is 4.08. The molecule has 0 bridgehead atoms. The standard InChI is InChI=1S/C20H25N5O3/c1-23(2)19(26)14-22-20(24(3)15-17-7-5-4-6-8-17)21-13-16-9-11-18(12-10-16)25(27)28/h4-12H,13-15H2,1-3H3,(H,21,22). The first kappa shape index (κ1) is 20.9. The molecule has 0 aliphatic rings. The summed E-state index contributed by atoms with van der Waals surface area (Å²) in [7, 11) is 5.30. The van der Waals surface area contributed by atoms with Gasteiger partial charge in [-0.15, -0.1) is 0 Å². The SMILES string of the molecule is CN(C)C(=O)CNC(=NCc1ccc([N+](=O)[O-])cc1)N(C)Cc1ccccc1. The molecule has 0 heterocycles. The number of carbonyl (C=O) groups is 1. The van der Waals surface area contributed by atoms with E-state index in [1.54, 1.807) is 26.2 Å². The molecule has 8 heteroatoms. The van der Waals surface area contributed by atoms with Crippen molar-refractivity contribution in [2.75, 3.05) is 27.7 Å². The maximum Gasteiger partial charge on any atom is 0.269 e. The molecular weight excluding hydrogens is 358 g/mol. The maximum absolute atomic E-state index is 11.9. The van der Waals surface area contributed by atoms with Crippen LogP contribution in [-0.2, 0) is 17.9 Å². The lowest BCUT2D eigenvalue weighted by Gasteiger charge is -2.23. The Labute approximate surface area is 164 Å². The number of nitro groups is 1. The summed E-state index contributed by atoms with van der Waals surface area (Å²) in [5.74, 6) is 0.522. The molecule has 1 amide bonds. The minimum absolute atomic E-state index is 0.0452. The fourth-order valence-electron chi connectivity index (χ4n) is 2.45. The Morgan fingerprint density at radius 1 is 1.04 bits per heavy atom. The molecule has 28 heavy (non-hydrogen) atoms. The topological polar surface area (TPSA) is 91.1 Å². The van der Waals surface area contributed by atoms with Gasteiger partial charge in [0.1, 0.15) is 0 Å². The summed E-state index contributed by atoms with van der Waals surface area (Å²) in [6.45, 7) is 1.10. The van der Waals surface area contributed by atoms with E-state index < -0.39 is 4.92 Å². The molecule has 0 aliphatic heterocycles. The third kappa shape index (κ3) is 6.39. The Morgan fingerprint density at radius 2 is 1.68 bits per heavy atom. The maximum atomic E-state index is 11.9.